The van der Waals surface area contributed by atoms with Gasteiger partial charge in [0, 0.05) is 32.6 Å². The smallest absolute Gasteiger partial charge is 0.315 e. The standard InChI is InChI=1S/C34H54F2N6O6S/c1-33(2,3)26(20-41(7)49(8,47)48)39-32(46)40-28(34(4,5)6)31(45)42-18-12-17-25(42)30(44)38-24(19-27(35)36)29(43)37-23-16-11-14-21-13-9-10-15-22(21)23/h9-10,13,15,23-28H,11-12,14,16-20H2,1-8H3,(H,37,43)(H,38,44)(H2,39,40,46)/t23?,24-,25-,26+,28+/m0/s1. The molecule has 3 rings (SSSR count). The van der Waals surface area contributed by atoms with Crippen LogP contribution in [0.1, 0.15) is 90.8 Å². The van der Waals surface area contributed by atoms with Gasteiger partial charge in [-0.2, -0.15) is 0 Å². The molecule has 1 heterocycles. The highest BCUT2D eigenvalue weighted by atomic mass is 32.2. The number of fused-ring (bicyclic) bond motifs is 1. The van der Waals surface area contributed by atoms with Crippen molar-refractivity contribution >= 4 is 33.8 Å². The first-order valence-electron chi connectivity index (χ1n) is 16.8. The van der Waals surface area contributed by atoms with Gasteiger partial charge in [-0.25, -0.2) is 26.3 Å². The lowest BCUT2D eigenvalue weighted by molar-refractivity contribution is -0.142. The lowest BCUT2D eigenvalue weighted by Gasteiger charge is -2.37. The molecule has 2 aliphatic rings. The summed E-state index contributed by atoms with van der Waals surface area (Å²) in [6.45, 7) is 11.0. The molecule has 0 bridgehead atoms. The predicted molar refractivity (Wildman–Crippen MR) is 183 cm³/mol. The van der Waals surface area contributed by atoms with E-state index < -0.39 is 81.6 Å². The molecule has 0 aromatic heterocycles. The second-order valence-electron chi connectivity index (χ2n) is 15.4. The Balaban J connectivity index is 1.75. The molecule has 12 nitrogen and oxygen atoms in total. The van der Waals surface area contributed by atoms with Gasteiger partial charge in [-0.05, 0) is 54.1 Å². The van der Waals surface area contributed by atoms with E-state index in [-0.39, 0.29) is 25.6 Å². The number of rotatable bonds is 12. The van der Waals surface area contributed by atoms with Crippen molar-refractivity contribution in [2.45, 2.75) is 117 Å². The maximum absolute atomic E-state index is 14.0. The van der Waals surface area contributed by atoms with Gasteiger partial charge in [0.2, 0.25) is 34.2 Å². The Morgan fingerprint density at radius 3 is 2.20 bits per heavy atom. The van der Waals surface area contributed by atoms with Crippen LogP contribution >= 0.6 is 0 Å². The topological polar surface area (TPSA) is 157 Å². The zero-order valence-electron chi connectivity index (χ0n) is 29.9. The number of amides is 5. The first kappa shape index (κ1) is 40.1. The number of benzene rings is 1. The molecule has 5 amide bonds. The molecule has 0 radical (unpaired) electrons. The number of likely N-dealkylation sites (tertiary alicyclic amines) is 1. The molecule has 0 spiro atoms. The van der Waals surface area contributed by atoms with Crippen molar-refractivity contribution < 1.29 is 36.4 Å². The fraction of sp³-hybridized carbons (Fsp3) is 0.706. The molecule has 1 unspecified atom stereocenters. The predicted octanol–water partition coefficient (Wildman–Crippen LogP) is 3.33. The highest BCUT2D eigenvalue weighted by Crippen LogP contribution is 2.30. The van der Waals surface area contributed by atoms with Gasteiger partial charge in [0.05, 0.1) is 12.3 Å². The van der Waals surface area contributed by atoms with Gasteiger partial charge >= 0.3 is 6.03 Å². The molecule has 1 aromatic carbocycles. The van der Waals surface area contributed by atoms with Gasteiger partial charge in [-0.15, -0.1) is 0 Å². The number of urea groups is 1. The number of alkyl halides is 2. The number of nitrogens with one attached hydrogen (secondary N) is 4. The SMILES string of the molecule is CN(C[C@@H](NC(=O)N[C@H](C(=O)N1CCC[C@H]1C(=O)N[C@@H](CC(F)F)C(=O)NC1CCCc2ccccc21)C(C)(C)C)C(C)(C)C)S(C)(=O)=O. The number of likely N-dealkylation sites (N-methyl/N-ethyl adjacent to an activating group) is 1. The molecule has 1 fully saturated rings. The summed E-state index contributed by atoms with van der Waals surface area (Å²) in [5.41, 5.74) is 0.654. The van der Waals surface area contributed by atoms with Gasteiger partial charge < -0.3 is 26.2 Å². The highest BCUT2D eigenvalue weighted by molar-refractivity contribution is 7.88. The summed E-state index contributed by atoms with van der Waals surface area (Å²) in [5.74, 6) is -1.97. The monoisotopic (exact) mass is 712 g/mol. The van der Waals surface area contributed by atoms with E-state index in [4.69, 9.17) is 0 Å². The van der Waals surface area contributed by atoms with Crippen LogP contribution in [0.5, 0.6) is 0 Å². The quantitative estimate of drug-likeness (QED) is 0.261. The Kier molecular flexibility index (Phi) is 13.2. The average Bonchev–Trinajstić information content (AvgIpc) is 3.48. The van der Waals surface area contributed by atoms with E-state index in [1.54, 1.807) is 20.8 Å². The molecule has 276 valence electrons. The van der Waals surface area contributed by atoms with E-state index in [2.05, 4.69) is 21.3 Å². The Morgan fingerprint density at radius 2 is 1.61 bits per heavy atom. The van der Waals surface area contributed by atoms with Crippen molar-refractivity contribution in [3.63, 3.8) is 0 Å². The maximum atomic E-state index is 14.0. The van der Waals surface area contributed by atoms with Crippen LogP contribution in [-0.2, 0) is 30.8 Å². The lowest BCUT2D eigenvalue weighted by atomic mass is 9.85. The number of hydrogen-bond donors (Lipinski definition) is 4. The van der Waals surface area contributed by atoms with E-state index in [0.717, 1.165) is 34.5 Å². The van der Waals surface area contributed by atoms with E-state index in [0.29, 0.717) is 12.8 Å². The summed E-state index contributed by atoms with van der Waals surface area (Å²) in [6.07, 6.45) is 0.355. The van der Waals surface area contributed by atoms with Gasteiger partial charge in [-0.1, -0.05) is 65.8 Å². The molecule has 4 N–H and O–H groups in total. The van der Waals surface area contributed by atoms with Crippen LogP contribution in [0.15, 0.2) is 24.3 Å². The third-order valence-corrected chi connectivity index (χ3v) is 10.6. The van der Waals surface area contributed by atoms with E-state index in [9.17, 15) is 36.4 Å². The zero-order valence-corrected chi connectivity index (χ0v) is 30.8. The number of hydrogen-bond acceptors (Lipinski definition) is 6. The van der Waals surface area contributed by atoms with Crippen LogP contribution in [-0.4, -0.2) is 98.4 Å². The minimum Gasteiger partial charge on any atom is -0.348 e. The van der Waals surface area contributed by atoms with E-state index in [1.807, 2.05) is 45.0 Å². The summed E-state index contributed by atoms with van der Waals surface area (Å²) in [5, 5.41) is 10.9. The van der Waals surface area contributed by atoms with Crippen molar-refractivity contribution in [3.8, 4) is 0 Å². The molecule has 1 saturated heterocycles. The molecule has 1 aliphatic carbocycles. The Morgan fingerprint density at radius 1 is 0.959 bits per heavy atom. The van der Waals surface area contributed by atoms with Crippen molar-refractivity contribution in [1.29, 1.82) is 0 Å². The van der Waals surface area contributed by atoms with Gasteiger partial charge in [0.25, 0.3) is 0 Å². The third kappa shape index (κ3) is 11.1. The molecule has 5 atom stereocenters. The molecular weight excluding hydrogens is 658 g/mol. The first-order valence-corrected chi connectivity index (χ1v) is 18.7. The van der Waals surface area contributed by atoms with Crippen LogP contribution < -0.4 is 21.3 Å². The molecule has 49 heavy (non-hydrogen) atoms. The first-order chi connectivity index (χ1) is 22.6. The third-order valence-electron chi connectivity index (χ3n) is 9.32. The maximum Gasteiger partial charge on any atom is 0.315 e. The lowest BCUT2D eigenvalue weighted by Crippen LogP contribution is -2.62. The number of carbonyl (C=O) groups is 4. The number of carbonyl (C=O) groups excluding carboxylic acids is 4. The van der Waals surface area contributed by atoms with Crippen molar-refractivity contribution in [1.82, 2.24) is 30.5 Å². The van der Waals surface area contributed by atoms with Crippen LogP contribution in [0.25, 0.3) is 0 Å². The number of sulfonamides is 1. The Labute approximate surface area is 289 Å². The van der Waals surface area contributed by atoms with Crippen LogP contribution in [0.3, 0.4) is 0 Å². The highest BCUT2D eigenvalue weighted by Gasteiger charge is 2.43. The van der Waals surface area contributed by atoms with E-state index in [1.165, 1.54) is 11.9 Å². The Bertz CT molecular complexity index is 1460. The minimum atomic E-state index is -3.52. The van der Waals surface area contributed by atoms with Gasteiger partial charge in [-0.3, -0.25) is 14.4 Å². The Hall–Kier alpha value is -3.33. The second kappa shape index (κ2) is 16.1. The molecular formula is C34H54F2N6O6S. The summed E-state index contributed by atoms with van der Waals surface area (Å²) in [4.78, 5) is 55.6. The van der Waals surface area contributed by atoms with Crippen LogP contribution in [0.2, 0.25) is 0 Å². The van der Waals surface area contributed by atoms with Gasteiger partial charge in [0.1, 0.15) is 18.1 Å². The number of halogens is 2. The minimum absolute atomic E-state index is 0.00112. The van der Waals surface area contributed by atoms with Crippen molar-refractivity contribution in [3.05, 3.63) is 35.4 Å². The second-order valence-corrected chi connectivity index (χ2v) is 17.5. The van der Waals surface area contributed by atoms with Crippen LogP contribution in [0.4, 0.5) is 13.6 Å². The van der Waals surface area contributed by atoms with Gasteiger partial charge in [0.15, 0.2) is 0 Å². The fourth-order valence-electron chi connectivity index (χ4n) is 6.23. The zero-order chi connectivity index (χ0) is 36.9. The summed E-state index contributed by atoms with van der Waals surface area (Å²) < 4.78 is 52.6. The largest absolute Gasteiger partial charge is 0.348 e. The van der Waals surface area contributed by atoms with Crippen LogP contribution in [0, 0.1) is 10.8 Å². The average molecular weight is 713 g/mol. The normalized spacial score (nSPS) is 20.3. The number of nitrogens with zero attached hydrogens (tertiary/aromatic N) is 2. The van der Waals surface area contributed by atoms with Crippen molar-refractivity contribution in [2.75, 3.05) is 26.4 Å². The molecule has 1 aromatic rings. The summed E-state index contributed by atoms with van der Waals surface area (Å²) >= 11 is 0. The van der Waals surface area contributed by atoms with Crippen molar-refractivity contribution in [2.24, 2.45) is 10.8 Å². The summed E-state index contributed by atoms with van der Waals surface area (Å²) in [6, 6.07) is 2.33. The summed E-state index contributed by atoms with van der Waals surface area (Å²) in [7, 11) is -2.11. The molecule has 15 heteroatoms. The molecule has 0 saturated carbocycles. The molecule has 1 aliphatic heterocycles. The van der Waals surface area contributed by atoms with E-state index >= 15 is 0 Å². The number of aryl methyl sites for hydroxylation is 1. The fourth-order valence-corrected chi connectivity index (χ4v) is 6.65.